The molecule has 14 heavy (non-hydrogen) atoms. The lowest BCUT2D eigenvalue weighted by molar-refractivity contribution is 0.0790. The second-order valence-corrected chi connectivity index (χ2v) is 4.18. The molecule has 0 aliphatic heterocycles. The van der Waals surface area contributed by atoms with E-state index in [0.29, 0.717) is 0 Å². The SMILES string of the molecule is CCC1(C(=O)c2ccoc2)CCCC1. The summed E-state index contributed by atoms with van der Waals surface area (Å²) in [7, 11) is 0. The Bertz CT molecular complexity index is 305. The van der Waals surface area contributed by atoms with Crippen molar-refractivity contribution in [3.05, 3.63) is 24.2 Å². The highest BCUT2D eigenvalue weighted by atomic mass is 16.3. The molecule has 1 aliphatic carbocycles. The highest BCUT2D eigenvalue weighted by molar-refractivity contribution is 6.00. The van der Waals surface area contributed by atoms with Crippen LogP contribution in [0.2, 0.25) is 0 Å². The number of hydrogen-bond donors (Lipinski definition) is 0. The first-order chi connectivity index (χ1) is 6.78. The second kappa shape index (κ2) is 3.60. The summed E-state index contributed by atoms with van der Waals surface area (Å²) in [5, 5.41) is 0. The number of furan rings is 1. The lowest BCUT2D eigenvalue weighted by Crippen LogP contribution is -2.26. The third-order valence-electron chi connectivity index (χ3n) is 3.50. The van der Waals surface area contributed by atoms with Crippen molar-refractivity contribution in [2.24, 2.45) is 5.41 Å². The Kier molecular flexibility index (Phi) is 2.44. The van der Waals surface area contributed by atoms with Crippen LogP contribution in [0.1, 0.15) is 49.4 Å². The van der Waals surface area contributed by atoms with Gasteiger partial charge in [-0.05, 0) is 25.3 Å². The van der Waals surface area contributed by atoms with Crippen LogP contribution in [-0.2, 0) is 0 Å². The molecular weight excluding hydrogens is 176 g/mol. The third kappa shape index (κ3) is 1.39. The molecule has 1 aliphatic rings. The minimum absolute atomic E-state index is 0.0795. The minimum Gasteiger partial charge on any atom is -0.472 e. The summed E-state index contributed by atoms with van der Waals surface area (Å²) in [6.45, 7) is 2.11. The van der Waals surface area contributed by atoms with Crippen LogP contribution in [0.5, 0.6) is 0 Å². The van der Waals surface area contributed by atoms with Crippen LogP contribution < -0.4 is 0 Å². The molecule has 0 bridgehead atoms. The summed E-state index contributed by atoms with van der Waals surface area (Å²) in [4.78, 5) is 12.2. The van der Waals surface area contributed by atoms with Gasteiger partial charge < -0.3 is 4.42 Å². The average molecular weight is 192 g/mol. The maximum Gasteiger partial charge on any atom is 0.172 e. The van der Waals surface area contributed by atoms with Crippen LogP contribution in [0, 0.1) is 5.41 Å². The number of hydrogen-bond acceptors (Lipinski definition) is 2. The minimum atomic E-state index is -0.0795. The molecule has 0 aromatic carbocycles. The molecular formula is C12H16O2. The largest absolute Gasteiger partial charge is 0.472 e. The maximum atomic E-state index is 12.2. The highest BCUT2D eigenvalue weighted by Crippen LogP contribution is 2.43. The van der Waals surface area contributed by atoms with Gasteiger partial charge in [-0.2, -0.15) is 0 Å². The Balaban J connectivity index is 2.24. The summed E-state index contributed by atoms with van der Waals surface area (Å²) < 4.78 is 4.96. The van der Waals surface area contributed by atoms with Gasteiger partial charge in [0.2, 0.25) is 0 Å². The van der Waals surface area contributed by atoms with Gasteiger partial charge in [-0.3, -0.25) is 4.79 Å². The van der Waals surface area contributed by atoms with Gasteiger partial charge >= 0.3 is 0 Å². The molecule has 1 heterocycles. The van der Waals surface area contributed by atoms with Gasteiger partial charge in [0, 0.05) is 5.41 Å². The molecule has 0 atom stereocenters. The summed E-state index contributed by atoms with van der Waals surface area (Å²) in [6.07, 6.45) is 8.58. The van der Waals surface area contributed by atoms with Crippen molar-refractivity contribution in [1.82, 2.24) is 0 Å². The van der Waals surface area contributed by atoms with E-state index in [9.17, 15) is 4.79 Å². The Morgan fingerprint density at radius 3 is 2.71 bits per heavy atom. The summed E-state index contributed by atoms with van der Waals surface area (Å²) in [6, 6.07) is 1.78. The van der Waals surface area contributed by atoms with E-state index in [4.69, 9.17) is 4.42 Å². The normalized spacial score (nSPS) is 19.8. The van der Waals surface area contributed by atoms with E-state index in [1.807, 2.05) is 0 Å². The van der Waals surface area contributed by atoms with E-state index in [1.54, 1.807) is 18.6 Å². The zero-order chi connectivity index (χ0) is 10.0. The number of carbonyl (C=O) groups is 1. The van der Waals surface area contributed by atoms with Crippen molar-refractivity contribution in [1.29, 1.82) is 0 Å². The number of carbonyl (C=O) groups excluding carboxylic acids is 1. The molecule has 0 spiro atoms. The summed E-state index contributed by atoms with van der Waals surface area (Å²) >= 11 is 0. The number of ketones is 1. The summed E-state index contributed by atoms with van der Waals surface area (Å²) in [5.74, 6) is 0.284. The quantitative estimate of drug-likeness (QED) is 0.687. The molecule has 2 nitrogen and oxygen atoms in total. The van der Waals surface area contributed by atoms with Crippen molar-refractivity contribution in [2.45, 2.75) is 39.0 Å². The number of rotatable bonds is 3. The molecule has 0 unspecified atom stereocenters. The predicted molar refractivity (Wildman–Crippen MR) is 54.2 cm³/mol. The van der Waals surface area contributed by atoms with Crippen molar-refractivity contribution < 1.29 is 9.21 Å². The Morgan fingerprint density at radius 2 is 2.21 bits per heavy atom. The molecule has 0 N–H and O–H groups in total. The summed E-state index contributed by atoms with van der Waals surface area (Å²) in [5.41, 5.74) is 0.665. The monoisotopic (exact) mass is 192 g/mol. The molecule has 0 saturated heterocycles. The number of Topliss-reactive ketones (excluding diaryl/α,β-unsaturated/α-hetero) is 1. The Labute approximate surface area is 84.3 Å². The first-order valence-electron chi connectivity index (χ1n) is 5.35. The first-order valence-corrected chi connectivity index (χ1v) is 5.35. The van der Waals surface area contributed by atoms with Gasteiger partial charge in [-0.25, -0.2) is 0 Å². The Morgan fingerprint density at radius 1 is 1.50 bits per heavy atom. The van der Waals surface area contributed by atoms with Gasteiger partial charge in [0.25, 0.3) is 0 Å². The van der Waals surface area contributed by atoms with Crippen molar-refractivity contribution >= 4 is 5.78 Å². The molecule has 2 heteroatoms. The van der Waals surface area contributed by atoms with E-state index in [1.165, 1.54) is 12.8 Å². The topological polar surface area (TPSA) is 30.2 Å². The van der Waals surface area contributed by atoms with Crippen LogP contribution in [0.25, 0.3) is 0 Å². The fourth-order valence-electron chi connectivity index (χ4n) is 2.49. The molecule has 0 amide bonds. The first kappa shape index (κ1) is 9.50. The van der Waals surface area contributed by atoms with Gasteiger partial charge in [-0.1, -0.05) is 19.8 Å². The Hall–Kier alpha value is -1.05. The van der Waals surface area contributed by atoms with E-state index >= 15 is 0 Å². The van der Waals surface area contributed by atoms with Gasteiger partial charge in [0.05, 0.1) is 11.8 Å². The lowest BCUT2D eigenvalue weighted by Gasteiger charge is -2.24. The van der Waals surface area contributed by atoms with Crippen LogP contribution in [0.4, 0.5) is 0 Å². The zero-order valence-corrected chi connectivity index (χ0v) is 8.58. The zero-order valence-electron chi connectivity index (χ0n) is 8.58. The lowest BCUT2D eigenvalue weighted by atomic mass is 9.77. The molecule has 1 fully saturated rings. The van der Waals surface area contributed by atoms with Crippen LogP contribution >= 0.6 is 0 Å². The standard InChI is InChI=1S/C12H16O2/c1-2-12(6-3-4-7-12)11(13)10-5-8-14-9-10/h5,8-9H,2-4,6-7H2,1H3. The molecule has 1 aromatic rings. The van der Waals surface area contributed by atoms with Crippen LogP contribution in [0.3, 0.4) is 0 Å². The highest BCUT2D eigenvalue weighted by Gasteiger charge is 2.39. The smallest absolute Gasteiger partial charge is 0.172 e. The van der Waals surface area contributed by atoms with Gasteiger partial charge in [0.1, 0.15) is 6.26 Å². The van der Waals surface area contributed by atoms with Crippen molar-refractivity contribution in [2.75, 3.05) is 0 Å². The van der Waals surface area contributed by atoms with E-state index in [0.717, 1.165) is 24.8 Å². The van der Waals surface area contributed by atoms with Crippen LogP contribution in [0.15, 0.2) is 23.0 Å². The predicted octanol–water partition coefficient (Wildman–Crippen LogP) is 3.43. The fraction of sp³-hybridized carbons (Fsp3) is 0.583. The molecule has 0 radical (unpaired) electrons. The van der Waals surface area contributed by atoms with Crippen molar-refractivity contribution in [3.63, 3.8) is 0 Å². The van der Waals surface area contributed by atoms with E-state index in [-0.39, 0.29) is 11.2 Å². The molecule has 1 saturated carbocycles. The molecule has 1 aromatic heterocycles. The second-order valence-electron chi connectivity index (χ2n) is 4.18. The molecule has 2 rings (SSSR count). The molecule has 76 valence electrons. The van der Waals surface area contributed by atoms with Crippen molar-refractivity contribution in [3.8, 4) is 0 Å². The van der Waals surface area contributed by atoms with E-state index in [2.05, 4.69) is 6.92 Å². The van der Waals surface area contributed by atoms with Crippen LogP contribution in [-0.4, -0.2) is 5.78 Å². The van der Waals surface area contributed by atoms with Gasteiger partial charge in [0.15, 0.2) is 5.78 Å². The van der Waals surface area contributed by atoms with E-state index < -0.39 is 0 Å². The average Bonchev–Trinajstić information content (AvgIpc) is 2.89. The van der Waals surface area contributed by atoms with Gasteiger partial charge in [-0.15, -0.1) is 0 Å². The third-order valence-corrected chi connectivity index (χ3v) is 3.50. The maximum absolute atomic E-state index is 12.2. The fourth-order valence-corrected chi connectivity index (χ4v) is 2.49.